The lowest BCUT2D eigenvalue weighted by atomic mass is 9.80. The van der Waals surface area contributed by atoms with Gasteiger partial charge in [-0.1, -0.05) is 20.3 Å². The van der Waals surface area contributed by atoms with Crippen LogP contribution in [-0.2, 0) is 4.79 Å². The van der Waals surface area contributed by atoms with E-state index in [0.29, 0.717) is 25.9 Å². The van der Waals surface area contributed by atoms with Gasteiger partial charge in [0.05, 0.1) is 5.92 Å². The van der Waals surface area contributed by atoms with E-state index in [2.05, 4.69) is 0 Å². The van der Waals surface area contributed by atoms with Crippen LogP contribution in [0, 0.1) is 17.3 Å². The summed E-state index contributed by atoms with van der Waals surface area (Å²) in [5.41, 5.74) is 5.41. The van der Waals surface area contributed by atoms with E-state index in [9.17, 15) is 18.0 Å². The van der Waals surface area contributed by atoms with Crippen molar-refractivity contribution in [3.8, 4) is 0 Å². The van der Waals surface area contributed by atoms with Crippen molar-refractivity contribution in [1.29, 1.82) is 0 Å². The number of alkyl halides is 3. The molecule has 2 N–H and O–H groups in total. The van der Waals surface area contributed by atoms with Crippen LogP contribution in [0.15, 0.2) is 0 Å². The quantitative estimate of drug-likeness (QED) is 0.860. The molecule has 1 rings (SSSR count). The molecule has 1 aliphatic rings. The molecule has 2 unspecified atom stereocenters. The lowest BCUT2D eigenvalue weighted by molar-refractivity contribution is -0.187. The van der Waals surface area contributed by atoms with Crippen molar-refractivity contribution in [2.75, 3.05) is 20.1 Å². The summed E-state index contributed by atoms with van der Waals surface area (Å²) in [7, 11) is 1.65. The molecule has 1 aliphatic carbocycles. The van der Waals surface area contributed by atoms with Crippen molar-refractivity contribution in [2.45, 2.75) is 45.7 Å². The first kappa shape index (κ1) is 20.5. The van der Waals surface area contributed by atoms with Gasteiger partial charge >= 0.3 is 6.18 Å². The topological polar surface area (TPSA) is 46.3 Å². The molecule has 0 saturated heterocycles. The van der Waals surface area contributed by atoms with Gasteiger partial charge in [0.25, 0.3) is 0 Å². The molecule has 2 atom stereocenters. The summed E-state index contributed by atoms with van der Waals surface area (Å²) >= 11 is 0. The molecule has 1 fully saturated rings. The number of rotatable bonds is 4. The molecule has 126 valence electrons. The molecule has 0 heterocycles. The Bertz CT molecular complexity index is 348. The Morgan fingerprint density at radius 3 is 2.33 bits per heavy atom. The summed E-state index contributed by atoms with van der Waals surface area (Å²) in [4.78, 5) is 13.8. The first-order valence-electron chi connectivity index (χ1n) is 7.08. The predicted octanol–water partition coefficient (Wildman–Crippen LogP) is 3.22. The predicted molar refractivity (Wildman–Crippen MR) is 79.2 cm³/mol. The molecular formula is C14H26ClF3N2O. The van der Waals surface area contributed by atoms with Gasteiger partial charge in [-0.2, -0.15) is 13.2 Å². The third-order valence-corrected chi connectivity index (χ3v) is 4.08. The van der Waals surface area contributed by atoms with Gasteiger partial charge in [-0.25, -0.2) is 0 Å². The summed E-state index contributed by atoms with van der Waals surface area (Å²) in [6, 6.07) is 0. The van der Waals surface area contributed by atoms with Crippen molar-refractivity contribution >= 4 is 18.3 Å². The molecule has 1 saturated carbocycles. The Balaban J connectivity index is 0.00000400. The van der Waals surface area contributed by atoms with E-state index in [4.69, 9.17) is 5.73 Å². The van der Waals surface area contributed by atoms with Gasteiger partial charge in [-0.15, -0.1) is 12.4 Å². The number of amides is 1. The minimum atomic E-state index is -4.19. The molecule has 0 radical (unpaired) electrons. The zero-order valence-corrected chi connectivity index (χ0v) is 13.7. The zero-order valence-electron chi connectivity index (χ0n) is 12.9. The molecule has 0 aromatic carbocycles. The van der Waals surface area contributed by atoms with E-state index in [1.165, 1.54) is 4.90 Å². The first-order valence-corrected chi connectivity index (χ1v) is 7.08. The number of halogens is 4. The molecule has 7 heteroatoms. The maximum atomic E-state index is 12.8. The van der Waals surface area contributed by atoms with Gasteiger partial charge in [-0.3, -0.25) is 4.79 Å². The number of nitrogens with two attached hydrogens (primary N) is 1. The van der Waals surface area contributed by atoms with Crippen molar-refractivity contribution in [3.63, 3.8) is 0 Å². The molecule has 0 bridgehead atoms. The van der Waals surface area contributed by atoms with Crippen molar-refractivity contribution in [3.05, 3.63) is 0 Å². The van der Waals surface area contributed by atoms with Gasteiger partial charge in [0, 0.05) is 19.5 Å². The summed E-state index contributed by atoms with van der Waals surface area (Å²) in [5, 5.41) is 0. The average Bonchev–Trinajstić information content (AvgIpc) is 2.36. The number of nitrogens with zero attached hydrogens (tertiary/aromatic N) is 1. The third kappa shape index (κ3) is 6.02. The fourth-order valence-electron chi connectivity index (χ4n) is 2.81. The van der Waals surface area contributed by atoms with E-state index < -0.39 is 18.0 Å². The highest BCUT2D eigenvalue weighted by atomic mass is 35.5. The van der Waals surface area contributed by atoms with Gasteiger partial charge in [0.1, 0.15) is 0 Å². The van der Waals surface area contributed by atoms with Crippen LogP contribution < -0.4 is 5.73 Å². The second kappa shape index (κ2) is 7.68. The number of carbonyl (C=O) groups excluding carboxylic acids is 1. The summed E-state index contributed by atoms with van der Waals surface area (Å²) in [6.07, 6.45) is -3.09. The Kier molecular flexibility index (Phi) is 7.50. The van der Waals surface area contributed by atoms with Crippen LogP contribution >= 0.6 is 12.4 Å². The monoisotopic (exact) mass is 330 g/mol. The molecule has 0 spiro atoms. The molecule has 1 amide bonds. The highest BCUT2D eigenvalue weighted by Crippen LogP contribution is 2.40. The third-order valence-electron chi connectivity index (χ3n) is 4.08. The Labute approximate surface area is 130 Å². The summed E-state index contributed by atoms with van der Waals surface area (Å²) < 4.78 is 38.3. The minimum Gasteiger partial charge on any atom is -0.345 e. The molecule has 21 heavy (non-hydrogen) atoms. The molecular weight excluding hydrogens is 305 g/mol. The SMILES string of the molecule is CN(CC(C)(C)CN)C(=O)C1CCCC(C(F)(F)F)C1.Cl. The maximum absolute atomic E-state index is 12.8. The average molecular weight is 331 g/mol. The number of carbonyl (C=O) groups is 1. The highest BCUT2D eigenvalue weighted by molar-refractivity contribution is 5.85. The molecule has 0 aromatic heterocycles. The second-order valence-corrected chi connectivity index (χ2v) is 6.66. The van der Waals surface area contributed by atoms with Crippen LogP contribution in [0.1, 0.15) is 39.5 Å². The number of hydrogen-bond acceptors (Lipinski definition) is 2. The van der Waals surface area contributed by atoms with E-state index in [1.54, 1.807) is 7.05 Å². The van der Waals surface area contributed by atoms with Crippen LogP contribution in [-0.4, -0.2) is 37.1 Å². The van der Waals surface area contributed by atoms with Crippen LogP contribution in [0.4, 0.5) is 13.2 Å². The van der Waals surface area contributed by atoms with Crippen molar-refractivity contribution in [2.24, 2.45) is 23.0 Å². The van der Waals surface area contributed by atoms with Crippen molar-refractivity contribution < 1.29 is 18.0 Å². The van der Waals surface area contributed by atoms with Crippen molar-refractivity contribution in [1.82, 2.24) is 4.90 Å². The van der Waals surface area contributed by atoms with Gasteiger partial charge in [0.2, 0.25) is 5.91 Å². The maximum Gasteiger partial charge on any atom is 0.391 e. The van der Waals surface area contributed by atoms with E-state index in [-0.39, 0.29) is 36.6 Å². The number of hydrogen-bond donors (Lipinski definition) is 1. The van der Waals surface area contributed by atoms with Gasteiger partial charge < -0.3 is 10.6 Å². The Morgan fingerprint density at radius 2 is 1.86 bits per heavy atom. The standard InChI is InChI=1S/C14H25F3N2O.ClH/c1-13(2,8-18)9-19(3)12(20)10-5-4-6-11(7-10)14(15,16)17;/h10-11H,4-9,18H2,1-3H3;1H. The fourth-order valence-corrected chi connectivity index (χ4v) is 2.81. The van der Waals surface area contributed by atoms with E-state index in [1.807, 2.05) is 13.8 Å². The van der Waals surface area contributed by atoms with Gasteiger partial charge in [0.15, 0.2) is 0 Å². The molecule has 0 aliphatic heterocycles. The zero-order chi connectivity index (χ0) is 15.6. The fraction of sp³-hybridized carbons (Fsp3) is 0.929. The normalized spacial score (nSPS) is 23.4. The van der Waals surface area contributed by atoms with Crippen LogP contribution in [0.5, 0.6) is 0 Å². The van der Waals surface area contributed by atoms with Crippen LogP contribution in [0.25, 0.3) is 0 Å². The molecule has 0 aromatic rings. The lowest BCUT2D eigenvalue weighted by Crippen LogP contribution is -2.44. The largest absolute Gasteiger partial charge is 0.391 e. The lowest BCUT2D eigenvalue weighted by Gasteiger charge is -2.35. The van der Waals surface area contributed by atoms with E-state index in [0.717, 1.165) is 0 Å². The second-order valence-electron chi connectivity index (χ2n) is 6.66. The summed E-state index contributed by atoms with van der Waals surface area (Å²) in [5.74, 6) is -2.02. The van der Waals surface area contributed by atoms with E-state index >= 15 is 0 Å². The Hall–Kier alpha value is -0.490. The Morgan fingerprint density at radius 1 is 1.29 bits per heavy atom. The van der Waals surface area contributed by atoms with Gasteiger partial charge in [-0.05, 0) is 31.2 Å². The minimum absolute atomic E-state index is 0. The van der Waals surface area contributed by atoms with Crippen LogP contribution in [0.3, 0.4) is 0 Å². The highest BCUT2D eigenvalue weighted by Gasteiger charge is 2.44. The molecule has 3 nitrogen and oxygen atoms in total. The smallest absolute Gasteiger partial charge is 0.345 e. The summed E-state index contributed by atoms with van der Waals surface area (Å²) in [6.45, 7) is 4.78. The van der Waals surface area contributed by atoms with Crippen LogP contribution in [0.2, 0.25) is 0 Å². The first-order chi connectivity index (χ1) is 9.07.